The van der Waals surface area contributed by atoms with Crippen LogP contribution in [0.25, 0.3) is 0 Å². The molecule has 0 amide bonds. The third-order valence-electron chi connectivity index (χ3n) is 3.92. The van der Waals surface area contributed by atoms with Crippen molar-refractivity contribution in [3.63, 3.8) is 0 Å². The third-order valence-corrected chi connectivity index (χ3v) is 4.18. The molecule has 1 N–H and O–H groups in total. The Labute approximate surface area is 170 Å². The van der Waals surface area contributed by atoms with Gasteiger partial charge in [0, 0.05) is 29.9 Å². The molecule has 0 saturated heterocycles. The number of aromatic nitrogens is 1. The Bertz CT molecular complexity index is 827. The van der Waals surface area contributed by atoms with Crippen LogP contribution in [0.5, 0.6) is 11.5 Å². The molecule has 3 rings (SSSR count). The lowest BCUT2D eigenvalue weighted by Crippen LogP contribution is -2.14. The first kappa shape index (κ1) is 21.0. The van der Waals surface area contributed by atoms with Gasteiger partial charge < -0.3 is 14.8 Å². The third kappa shape index (κ3) is 6.14. The highest BCUT2D eigenvalue weighted by molar-refractivity contribution is 6.30. The highest BCUT2D eigenvalue weighted by Gasteiger charge is 2.11. The van der Waals surface area contributed by atoms with E-state index in [0.29, 0.717) is 24.7 Å². The van der Waals surface area contributed by atoms with Gasteiger partial charge in [0.1, 0.15) is 6.61 Å². The van der Waals surface area contributed by atoms with Gasteiger partial charge in [-0.05, 0) is 35.9 Å². The SMILES string of the molecule is COc1cccc(CNCc2ccccn2)c1OCc1ccc(Cl)cc1.Cl. The number of benzene rings is 2. The van der Waals surface area contributed by atoms with Gasteiger partial charge in [0.15, 0.2) is 11.5 Å². The van der Waals surface area contributed by atoms with Crippen molar-refractivity contribution in [3.05, 3.63) is 88.7 Å². The summed E-state index contributed by atoms with van der Waals surface area (Å²) in [6, 6.07) is 19.4. The van der Waals surface area contributed by atoms with Crippen molar-refractivity contribution in [3.8, 4) is 11.5 Å². The van der Waals surface area contributed by atoms with Crippen molar-refractivity contribution < 1.29 is 9.47 Å². The van der Waals surface area contributed by atoms with Gasteiger partial charge in [-0.1, -0.05) is 41.9 Å². The molecule has 0 spiro atoms. The standard InChI is InChI=1S/C21H21ClN2O2.ClH/c1-25-20-7-4-5-17(13-23-14-19-6-2-3-12-24-19)21(20)26-15-16-8-10-18(22)11-9-16;/h2-12,23H,13-15H2,1H3;1H. The van der Waals surface area contributed by atoms with Gasteiger partial charge >= 0.3 is 0 Å². The lowest BCUT2D eigenvalue weighted by molar-refractivity contribution is 0.280. The Morgan fingerprint density at radius 2 is 1.78 bits per heavy atom. The number of hydrogen-bond donors (Lipinski definition) is 1. The predicted octanol–water partition coefficient (Wildman–Crippen LogP) is 5.03. The van der Waals surface area contributed by atoms with Crippen LogP contribution in [0.2, 0.25) is 5.02 Å². The van der Waals surface area contributed by atoms with Gasteiger partial charge in [-0.15, -0.1) is 12.4 Å². The first-order valence-corrected chi connectivity index (χ1v) is 8.78. The van der Waals surface area contributed by atoms with E-state index < -0.39 is 0 Å². The second-order valence-electron chi connectivity index (χ2n) is 5.79. The Balaban J connectivity index is 0.00000261. The molecule has 4 nitrogen and oxygen atoms in total. The van der Waals surface area contributed by atoms with Crippen LogP contribution in [-0.2, 0) is 19.7 Å². The molecule has 142 valence electrons. The van der Waals surface area contributed by atoms with E-state index in [2.05, 4.69) is 10.3 Å². The number of ether oxygens (including phenoxy) is 2. The Morgan fingerprint density at radius 3 is 2.48 bits per heavy atom. The van der Waals surface area contributed by atoms with Crippen LogP contribution in [0, 0.1) is 0 Å². The summed E-state index contributed by atoms with van der Waals surface area (Å²) in [6.07, 6.45) is 1.79. The molecule has 3 aromatic rings. The lowest BCUT2D eigenvalue weighted by Gasteiger charge is -2.15. The average Bonchev–Trinajstić information content (AvgIpc) is 2.69. The van der Waals surface area contributed by atoms with Gasteiger partial charge in [0.25, 0.3) is 0 Å². The number of hydrogen-bond acceptors (Lipinski definition) is 4. The van der Waals surface area contributed by atoms with Crippen LogP contribution in [-0.4, -0.2) is 12.1 Å². The van der Waals surface area contributed by atoms with E-state index >= 15 is 0 Å². The van der Waals surface area contributed by atoms with Crippen molar-refractivity contribution >= 4 is 24.0 Å². The summed E-state index contributed by atoms with van der Waals surface area (Å²) < 4.78 is 11.5. The summed E-state index contributed by atoms with van der Waals surface area (Å²) in [5.41, 5.74) is 3.08. The number of nitrogens with one attached hydrogen (secondary N) is 1. The zero-order chi connectivity index (χ0) is 18.2. The van der Waals surface area contributed by atoms with Gasteiger partial charge in [0.05, 0.1) is 12.8 Å². The highest BCUT2D eigenvalue weighted by Crippen LogP contribution is 2.32. The van der Waals surface area contributed by atoms with Crippen LogP contribution in [0.4, 0.5) is 0 Å². The largest absolute Gasteiger partial charge is 0.493 e. The number of halogens is 2. The molecular weight excluding hydrogens is 383 g/mol. The zero-order valence-corrected chi connectivity index (χ0v) is 16.6. The highest BCUT2D eigenvalue weighted by atomic mass is 35.5. The minimum atomic E-state index is 0. The molecule has 0 bridgehead atoms. The van der Waals surface area contributed by atoms with E-state index in [1.54, 1.807) is 13.3 Å². The molecule has 0 unspecified atom stereocenters. The topological polar surface area (TPSA) is 43.4 Å². The van der Waals surface area contributed by atoms with Crippen molar-refractivity contribution in [2.45, 2.75) is 19.7 Å². The van der Waals surface area contributed by atoms with E-state index in [1.165, 1.54) is 0 Å². The van der Waals surface area contributed by atoms with Gasteiger partial charge in [0.2, 0.25) is 0 Å². The number of para-hydroxylation sites is 1. The zero-order valence-electron chi connectivity index (χ0n) is 15.0. The monoisotopic (exact) mass is 404 g/mol. The number of methoxy groups -OCH3 is 1. The van der Waals surface area contributed by atoms with E-state index in [0.717, 1.165) is 28.3 Å². The maximum absolute atomic E-state index is 6.06. The van der Waals surface area contributed by atoms with Crippen LogP contribution in [0.3, 0.4) is 0 Å². The van der Waals surface area contributed by atoms with Crippen LogP contribution in [0.15, 0.2) is 66.9 Å². The van der Waals surface area contributed by atoms with Gasteiger partial charge in [-0.2, -0.15) is 0 Å². The molecule has 0 radical (unpaired) electrons. The molecular formula is C21H22Cl2N2O2. The maximum atomic E-state index is 6.06. The predicted molar refractivity (Wildman–Crippen MR) is 111 cm³/mol. The number of nitrogens with zero attached hydrogens (tertiary/aromatic N) is 1. The Morgan fingerprint density at radius 1 is 0.963 bits per heavy atom. The summed E-state index contributed by atoms with van der Waals surface area (Å²) in [7, 11) is 1.65. The molecule has 0 fully saturated rings. The van der Waals surface area contributed by atoms with Gasteiger partial charge in [-0.3, -0.25) is 4.98 Å². The summed E-state index contributed by atoms with van der Waals surface area (Å²) >= 11 is 5.94. The number of rotatable bonds is 8. The van der Waals surface area contributed by atoms with E-state index in [4.69, 9.17) is 21.1 Å². The fourth-order valence-corrected chi connectivity index (χ4v) is 2.72. The first-order chi connectivity index (χ1) is 12.8. The van der Waals surface area contributed by atoms with Crippen molar-refractivity contribution in [2.75, 3.05) is 7.11 Å². The molecule has 27 heavy (non-hydrogen) atoms. The molecule has 2 aromatic carbocycles. The second kappa shape index (κ2) is 10.8. The van der Waals surface area contributed by atoms with Crippen LogP contribution in [0.1, 0.15) is 16.8 Å². The molecule has 1 heterocycles. The van der Waals surface area contributed by atoms with Gasteiger partial charge in [-0.25, -0.2) is 0 Å². The van der Waals surface area contributed by atoms with Crippen LogP contribution >= 0.6 is 24.0 Å². The van der Waals surface area contributed by atoms with E-state index in [1.807, 2.05) is 60.7 Å². The van der Waals surface area contributed by atoms with Crippen LogP contribution < -0.4 is 14.8 Å². The number of pyridine rings is 1. The minimum absolute atomic E-state index is 0. The first-order valence-electron chi connectivity index (χ1n) is 8.40. The Kier molecular flexibility index (Phi) is 8.40. The molecule has 0 aliphatic rings. The normalized spacial score (nSPS) is 10.1. The quantitative estimate of drug-likeness (QED) is 0.571. The summed E-state index contributed by atoms with van der Waals surface area (Å²) in [5, 5.41) is 4.11. The smallest absolute Gasteiger partial charge is 0.166 e. The molecule has 0 saturated carbocycles. The molecule has 6 heteroatoms. The fourth-order valence-electron chi connectivity index (χ4n) is 2.59. The lowest BCUT2D eigenvalue weighted by atomic mass is 10.1. The Hall–Kier alpha value is -2.27. The maximum Gasteiger partial charge on any atom is 0.166 e. The second-order valence-corrected chi connectivity index (χ2v) is 6.22. The summed E-state index contributed by atoms with van der Waals surface area (Å²) in [4.78, 5) is 4.32. The molecule has 0 aliphatic carbocycles. The van der Waals surface area contributed by atoms with E-state index in [-0.39, 0.29) is 12.4 Å². The van der Waals surface area contributed by atoms with Crippen molar-refractivity contribution in [1.82, 2.24) is 10.3 Å². The fraction of sp³-hybridized carbons (Fsp3) is 0.190. The van der Waals surface area contributed by atoms with E-state index in [9.17, 15) is 0 Å². The van der Waals surface area contributed by atoms with Crippen molar-refractivity contribution in [2.24, 2.45) is 0 Å². The summed E-state index contributed by atoms with van der Waals surface area (Å²) in [6.45, 7) is 1.79. The average molecular weight is 405 g/mol. The van der Waals surface area contributed by atoms with Crippen molar-refractivity contribution in [1.29, 1.82) is 0 Å². The molecule has 0 aliphatic heterocycles. The molecule has 1 aromatic heterocycles. The molecule has 0 atom stereocenters. The minimum Gasteiger partial charge on any atom is -0.493 e. The summed E-state index contributed by atoms with van der Waals surface area (Å²) in [5.74, 6) is 1.47.